The average molecular weight is 571 g/mol. The van der Waals surface area contributed by atoms with Crippen molar-refractivity contribution < 1.29 is 9.53 Å². The number of methoxy groups -OCH3 is 1. The summed E-state index contributed by atoms with van der Waals surface area (Å²) in [6, 6.07) is 32.7. The predicted octanol–water partition coefficient (Wildman–Crippen LogP) is 8.16. The lowest BCUT2D eigenvalue weighted by molar-refractivity contribution is 0.0546. The number of nitrogens with zero attached hydrogens (tertiary/aromatic N) is 2. The van der Waals surface area contributed by atoms with Crippen LogP contribution in [-0.4, -0.2) is 48.5 Å². The fourth-order valence-electron chi connectivity index (χ4n) is 5.67. The van der Waals surface area contributed by atoms with Crippen molar-refractivity contribution in [3.05, 3.63) is 114 Å². The van der Waals surface area contributed by atoms with Crippen LogP contribution < -0.4 is 4.74 Å². The highest BCUT2D eigenvalue weighted by atomic mass is 16.5. The number of hydrogen-bond acceptors (Lipinski definition) is 3. The van der Waals surface area contributed by atoms with Crippen LogP contribution in [0.3, 0.4) is 0 Å². The number of rotatable bonds is 9. The summed E-state index contributed by atoms with van der Waals surface area (Å²) >= 11 is 0. The molecule has 3 aromatic carbocycles. The number of carbonyl (C=O) groups is 1. The second-order valence-corrected chi connectivity index (χ2v) is 11.9. The van der Waals surface area contributed by atoms with Crippen LogP contribution in [0.25, 0.3) is 22.3 Å². The first-order valence-electron chi connectivity index (χ1n) is 15.4. The molecular weight excluding hydrogens is 528 g/mol. The molecule has 6 rings (SSSR count). The predicted molar refractivity (Wildman–Crippen MR) is 177 cm³/mol. The largest absolute Gasteiger partial charge is 0.497 e. The zero-order valence-corrected chi connectivity index (χ0v) is 25.6. The van der Waals surface area contributed by atoms with E-state index in [0.717, 1.165) is 54.9 Å². The van der Waals surface area contributed by atoms with E-state index in [0.29, 0.717) is 23.6 Å². The van der Waals surface area contributed by atoms with Crippen LogP contribution in [0.15, 0.2) is 97.1 Å². The Morgan fingerprint density at radius 3 is 2.05 bits per heavy atom. The van der Waals surface area contributed by atoms with E-state index < -0.39 is 0 Å². The zero-order chi connectivity index (χ0) is 30.2. The molecule has 1 fully saturated rings. The van der Waals surface area contributed by atoms with Gasteiger partial charge < -0.3 is 14.5 Å². The molecule has 0 spiro atoms. The van der Waals surface area contributed by atoms with E-state index in [-0.39, 0.29) is 11.9 Å². The number of ether oxygens (including phenoxy) is 1. The number of carbonyl (C=O) groups excluding carboxylic acids is 1. The molecule has 0 saturated carbocycles. The maximum atomic E-state index is 13.9. The van der Waals surface area contributed by atoms with Crippen molar-refractivity contribution in [2.45, 2.75) is 45.7 Å². The lowest BCUT2D eigenvalue weighted by Gasteiger charge is -2.39. The summed E-state index contributed by atoms with van der Waals surface area (Å²) in [6.07, 6.45) is 8.92. The third-order valence-electron chi connectivity index (χ3n) is 8.44. The fourth-order valence-corrected chi connectivity index (χ4v) is 5.67. The van der Waals surface area contributed by atoms with Gasteiger partial charge in [0.1, 0.15) is 5.75 Å². The molecule has 1 aliphatic heterocycles. The van der Waals surface area contributed by atoms with Crippen LogP contribution in [-0.2, 0) is 6.54 Å². The number of fused-ring (bicyclic) bond motifs is 1. The molecule has 3 aromatic rings. The van der Waals surface area contributed by atoms with Gasteiger partial charge in [0.2, 0.25) is 0 Å². The van der Waals surface area contributed by atoms with Crippen molar-refractivity contribution in [2.24, 2.45) is 5.92 Å². The molecule has 0 aromatic heterocycles. The summed E-state index contributed by atoms with van der Waals surface area (Å²) in [5, 5.41) is 0. The van der Waals surface area contributed by atoms with E-state index in [1.807, 2.05) is 36.4 Å². The Bertz CT molecular complexity index is 1520. The highest BCUT2D eigenvalue weighted by molar-refractivity contribution is 5.97. The number of piperidine rings is 1. The van der Waals surface area contributed by atoms with Crippen molar-refractivity contribution in [1.82, 2.24) is 9.80 Å². The molecule has 1 amide bonds. The van der Waals surface area contributed by atoms with Crippen molar-refractivity contribution in [3.63, 3.8) is 0 Å². The highest BCUT2D eigenvalue weighted by Gasteiger charge is 2.29. The molecule has 43 heavy (non-hydrogen) atoms. The summed E-state index contributed by atoms with van der Waals surface area (Å²) in [4.78, 5) is 18.5. The van der Waals surface area contributed by atoms with E-state index in [1.54, 1.807) is 7.11 Å². The average Bonchev–Trinajstić information content (AvgIpc) is 3.66. The van der Waals surface area contributed by atoms with Gasteiger partial charge in [-0.1, -0.05) is 86.5 Å². The third-order valence-corrected chi connectivity index (χ3v) is 8.44. The Balaban J connectivity index is 0.000000537. The topological polar surface area (TPSA) is 32.8 Å². The maximum Gasteiger partial charge on any atom is 0.255 e. The first kappa shape index (κ1) is 30.1. The first-order chi connectivity index (χ1) is 20.9. The number of terminal acetylenes is 1. The van der Waals surface area contributed by atoms with Gasteiger partial charge in [0.15, 0.2) is 0 Å². The number of benzene rings is 4. The second-order valence-electron chi connectivity index (χ2n) is 11.9. The molecule has 1 saturated heterocycles. The second kappa shape index (κ2) is 14.2. The van der Waals surface area contributed by atoms with Gasteiger partial charge in [0, 0.05) is 31.2 Å². The van der Waals surface area contributed by atoms with Crippen molar-refractivity contribution >= 4 is 5.91 Å². The molecule has 2 aliphatic carbocycles. The van der Waals surface area contributed by atoms with E-state index in [4.69, 9.17) is 11.2 Å². The SMILES string of the molecule is C#Cc1ccccc1C(=O)N(Cc1ccc(-c2ccc(OC)cc2)cc1)C1CCN(CCC(C)C)CC1.c1cc2cc-2c1. The van der Waals surface area contributed by atoms with Gasteiger partial charge in [0.25, 0.3) is 5.91 Å². The smallest absolute Gasteiger partial charge is 0.255 e. The molecule has 0 unspecified atom stereocenters. The number of likely N-dealkylation sites (tertiary alicyclic amines) is 1. The van der Waals surface area contributed by atoms with Crippen LogP contribution >= 0.6 is 0 Å². The van der Waals surface area contributed by atoms with E-state index >= 15 is 0 Å². The lowest BCUT2D eigenvalue weighted by Crippen LogP contribution is -2.47. The maximum absolute atomic E-state index is 13.9. The van der Waals surface area contributed by atoms with Gasteiger partial charge in [-0.2, -0.15) is 0 Å². The molecule has 0 atom stereocenters. The molecule has 220 valence electrons. The van der Waals surface area contributed by atoms with Crippen molar-refractivity contribution in [2.75, 3.05) is 26.7 Å². The molecule has 0 radical (unpaired) electrons. The molecule has 0 bridgehead atoms. The van der Waals surface area contributed by atoms with Crippen molar-refractivity contribution in [3.8, 4) is 40.3 Å². The Kier molecular flexibility index (Phi) is 9.97. The van der Waals surface area contributed by atoms with Gasteiger partial charge >= 0.3 is 0 Å². The summed E-state index contributed by atoms with van der Waals surface area (Å²) < 4.78 is 5.28. The van der Waals surface area contributed by atoms with Crippen LogP contribution in [0.4, 0.5) is 0 Å². The van der Waals surface area contributed by atoms with Gasteiger partial charge in [-0.3, -0.25) is 4.79 Å². The minimum Gasteiger partial charge on any atom is -0.497 e. The third kappa shape index (κ3) is 7.95. The monoisotopic (exact) mass is 570 g/mol. The zero-order valence-electron chi connectivity index (χ0n) is 25.6. The minimum absolute atomic E-state index is 0.0217. The van der Waals surface area contributed by atoms with Crippen LogP contribution in [0.5, 0.6) is 5.75 Å². The standard InChI is InChI=1S/C33H38N2O2.C6H4/c1-5-27-8-6-7-9-32(27)33(36)35(30-19-22-34(23-20-30)21-18-25(2)3)24-26-10-12-28(13-11-26)29-14-16-31(37-4)17-15-29;1-2-5-4-6(5)3-1/h1,6-17,25,30H,18-24H2,2-4H3;1-4H. The number of amides is 1. The molecule has 0 N–H and O–H groups in total. The normalized spacial score (nSPS) is 13.9. The summed E-state index contributed by atoms with van der Waals surface area (Å²) in [5.41, 5.74) is 7.51. The lowest BCUT2D eigenvalue weighted by atomic mass is 9.98. The minimum atomic E-state index is 0.0217. The van der Waals surface area contributed by atoms with Crippen molar-refractivity contribution in [1.29, 1.82) is 0 Å². The molecule has 4 heteroatoms. The number of hydrogen-bond donors (Lipinski definition) is 0. The molecular formula is C39H42N2O2. The highest BCUT2D eigenvalue weighted by Crippen LogP contribution is 2.32. The fraction of sp³-hybridized carbons (Fsp3) is 0.308. The summed E-state index contributed by atoms with van der Waals surface area (Å²) in [5.74, 6) is 4.27. The summed E-state index contributed by atoms with van der Waals surface area (Å²) in [7, 11) is 1.67. The molecule has 1 heterocycles. The first-order valence-corrected chi connectivity index (χ1v) is 15.4. The van der Waals surface area contributed by atoms with E-state index in [9.17, 15) is 4.79 Å². The summed E-state index contributed by atoms with van der Waals surface area (Å²) in [6.45, 7) is 8.29. The van der Waals surface area contributed by atoms with E-state index in [1.165, 1.54) is 17.5 Å². The Hall–Kier alpha value is -4.33. The van der Waals surface area contributed by atoms with Crippen LogP contribution in [0, 0.1) is 18.3 Å². The van der Waals surface area contributed by atoms with Gasteiger partial charge in [-0.25, -0.2) is 0 Å². The quantitative estimate of drug-likeness (QED) is 0.168. The molecule has 3 aliphatic rings. The van der Waals surface area contributed by atoms with Crippen LogP contribution in [0.2, 0.25) is 0 Å². The van der Waals surface area contributed by atoms with Gasteiger partial charge in [-0.15, -0.1) is 6.42 Å². The van der Waals surface area contributed by atoms with Crippen LogP contribution in [0.1, 0.15) is 54.6 Å². The van der Waals surface area contributed by atoms with Gasteiger partial charge in [0.05, 0.1) is 12.7 Å². The van der Waals surface area contributed by atoms with E-state index in [2.05, 4.69) is 90.2 Å². The Morgan fingerprint density at radius 1 is 0.884 bits per heavy atom. The Morgan fingerprint density at radius 2 is 1.51 bits per heavy atom. The Labute approximate surface area is 257 Å². The van der Waals surface area contributed by atoms with Gasteiger partial charge in [-0.05, 0) is 89.9 Å². The molecule has 4 nitrogen and oxygen atoms in total.